The first-order chi connectivity index (χ1) is 9.31. The lowest BCUT2D eigenvalue weighted by Crippen LogP contribution is -2.35. The zero-order valence-electron chi connectivity index (χ0n) is 12.1. The molecule has 0 amide bonds. The van der Waals surface area contributed by atoms with E-state index in [-0.39, 0.29) is 17.8 Å². The van der Waals surface area contributed by atoms with Gasteiger partial charge in [0.25, 0.3) is 0 Å². The molecule has 5 heteroatoms. The van der Waals surface area contributed by atoms with E-state index in [1.807, 2.05) is 0 Å². The van der Waals surface area contributed by atoms with Crippen LogP contribution in [0.15, 0.2) is 4.52 Å². The van der Waals surface area contributed by atoms with Crippen LogP contribution in [0.25, 0.3) is 0 Å². The van der Waals surface area contributed by atoms with Gasteiger partial charge in [0.05, 0.1) is 0 Å². The Hall–Kier alpha value is -0.610. The van der Waals surface area contributed by atoms with E-state index in [1.165, 1.54) is 57.8 Å². The molecule has 0 aliphatic heterocycles. The molecule has 1 aromatic heterocycles. The fourth-order valence-electron chi connectivity index (χ4n) is 3.77. The van der Waals surface area contributed by atoms with Crippen molar-refractivity contribution >= 4 is 12.4 Å². The number of hydrogen-bond acceptors (Lipinski definition) is 4. The standard InChI is InChI=1S/C15H25N3O.ClH/c16-11-15(8-4-1-5-9-15)10-13-17-14(18-19-13)12-6-2-3-7-12;/h12H,1-11,16H2;1H. The van der Waals surface area contributed by atoms with Gasteiger partial charge in [-0.25, -0.2) is 0 Å². The molecule has 0 saturated heterocycles. The topological polar surface area (TPSA) is 64.9 Å². The van der Waals surface area contributed by atoms with Crippen molar-refractivity contribution < 1.29 is 4.52 Å². The second-order valence-corrected chi connectivity index (χ2v) is 6.47. The third-order valence-corrected chi connectivity index (χ3v) is 5.08. The number of nitrogens with zero attached hydrogens (tertiary/aromatic N) is 2. The summed E-state index contributed by atoms with van der Waals surface area (Å²) in [4.78, 5) is 4.65. The van der Waals surface area contributed by atoms with Gasteiger partial charge in [0.1, 0.15) is 0 Å². The van der Waals surface area contributed by atoms with Gasteiger partial charge in [0.15, 0.2) is 5.82 Å². The second-order valence-electron chi connectivity index (χ2n) is 6.47. The van der Waals surface area contributed by atoms with Crippen LogP contribution in [-0.4, -0.2) is 16.7 Å². The van der Waals surface area contributed by atoms with Crippen LogP contribution in [0.5, 0.6) is 0 Å². The van der Waals surface area contributed by atoms with Crippen LogP contribution in [-0.2, 0) is 6.42 Å². The molecule has 0 atom stereocenters. The summed E-state index contributed by atoms with van der Waals surface area (Å²) in [5, 5.41) is 4.20. The van der Waals surface area contributed by atoms with Crippen LogP contribution in [0.4, 0.5) is 0 Å². The highest BCUT2D eigenvalue weighted by Crippen LogP contribution is 2.38. The number of hydrogen-bond donors (Lipinski definition) is 1. The third kappa shape index (κ3) is 3.34. The van der Waals surface area contributed by atoms with Gasteiger partial charge in [-0.3, -0.25) is 0 Å². The van der Waals surface area contributed by atoms with Crippen molar-refractivity contribution in [3.63, 3.8) is 0 Å². The van der Waals surface area contributed by atoms with Gasteiger partial charge < -0.3 is 10.3 Å². The van der Waals surface area contributed by atoms with Crippen LogP contribution in [0.3, 0.4) is 0 Å². The summed E-state index contributed by atoms with van der Waals surface area (Å²) in [5.74, 6) is 2.29. The molecule has 0 spiro atoms. The molecule has 20 heavy (non-hydrogen) atoms. The minimum absolute atomic E-state index is 0. The van der Waals surface area contributed by atoms with Crippen molar-refractivity contribution in [2.24, 2.45) is 11.1 Å². The lowest BCUT2D eigenvalue weighted by molar-refractivity contribution is 0.177. The smallest absolute Gasteiger partial charge is 0.227 e. The largest absolute Gasteiger partial charge is 0.339 e. The monoisotopic (exact) mass is 299 g/mol. The molecular formula is C15H26ClN3O. The molecule has 1 heterocycles. The van der Waals surface area contributed by atoms with Gasteiger partial charge in [0.2, 0.25) is 5.89 Å². The maximum Gasteiger partial charge on any atom is 0.227 e. The molecule has 2 N–H and O–H groups in total. The molecule has 4 nitrogen and oxygen atoms in total. The lowest BCUT2D eigenvalue weighted by Gasteiger charge is -2.34. The SMILES string of the molecule is Cl.NCC1(Cc2nc(C3CCCC3)no2)CCCCC1. The van der Waals surface area contributed by atoms with E-state index in [2.05, 4.69) is 10.1 Å². The average Bonchev–Trinajstić information content (AvgIpc) is 3.10. The van der Waals surface area contributed by atoms with Gasteiger partial charge in [0, 0.05) is 12.3 Å². The zero-order valence-corrected chi connectivity index (χ0v) is 13.0. The first-order valence-electron chi connectivity index (χ1n) is 7.84. The summed E-state index contributed by atoms with van der Waals surface area (Å²) < 4.78 is 5.49. The Balaban J connectivity index is 0.00000147. The van der Waals surface area contributed by atoms with Crippen molar-refractivity contribution in [1.82, 2.24) is 10.1 Å². The molecule has 2 aliphatic carbocycles. The third-order valence-electron chi connectivity index (χ3n) is 5.08. The highest BCUT2D eigenvalue weighted by atomic mass is 35.5. The maximum absolute atomic E-state index is 6.03. The molecule has 2 aliphatic rings. The summed E-state index contributed by atoms with van der Waals surface area (Å²) in [6.45, 7) is 0.744. The summed E-state index contributed by atoms with van der Waals surface area (Å²) in [5.41, 5.74) is 6.25. The van der Waals surface area contributed by atoms with Crippen molar-refractivity contribution in [2.45, 2.75) is 70.1 Å². The molecule has 0 radical (unpaired) electrons. The van der Waals surface area contributed by atoms with Gasteiger partial charge >= 0.3 is 0 Å². The Morgan fingerprint density at radius 2 is 1.80 bits per heavy atom. The summed E-state index contributed by atoms with van der Waals surface area (Å²) in [6.07, 6.45) is 12.3. The molecule has 0 aromatic carbocycles. The van der Waals surface area contributed by atoms with Gasteiger partial charge in [-0.05, 0) is 37.6 Å². The van der Waals surface area contributed by atoms with E-state index in [4.69, 9.17) is 10.3 Å². The molecule has 114 valence electrons. The van der Waals surface area contributed by atoms with Crippen molar-refractivity contribution in [2.75, 3.05) is 6.54 Å². The molecule has 0 bridgehead atoms. The van der Waals surface area contributed by atoms with Crippen molar-refractivity contribution in [3.05, 3.63) is 11.7 Å². The predicted octanol–water partition coefficient (Wildman–Crippen LogP) is 3.60. The fraction of sp³-hybridized carbons (Fsp3) is 0.867. The van der Waals surface area contributed by atoms with E-state index in [0.29, 0.717) is 5.92 Å². The Bertz CT molecular complexity index is 409. The number of aromatic nitrogens is 2. The molecule has 2 fully saturated rings. The zero-order chi connectivity index (χ0) is 13.1. The van der Waals surface area contributed by atoms with Crippen LogP contribution in [0.2, 0.25) is 0 Å². The van der Waals surface area contributed by atoms with E-state index in [0.717, 1.165) is 24.7 Å². The van der Waals surface area contributed by atoms with Gasteiger partial charge in [-0.1, -0.05) is 37.3 Å². The first-order valence-corrected chi connectivity index (χ1v) is 7.84. The summed E-state index contributed by atoms with van der Waals surface area (Å²) in [6, 6.07) is 0. The van der Waals surface area contributed by atoms with Crippen LogP contribution < -0.4 is 5.73 Å². The second kappa shape index (κ2) is 6.90. The van der Waals surface area contributed by atoms with Gasteiger partial charge in [-0.2, -0.15) is 4.98 Å². The Kier molecular flexibility index (Phi) is 5.44. The van der Waals surface area contributed by atoms with E-state index < -0.39 is 0 Å². The lowest BCUT2D eigenvalue weighted by atomic mass is 9.72. The normalized spacial score (nSPS) is 22.6. The first kappa shape index (κ1) is 15.8. The highest BCUT2D eigenvalue weighted by molar-refractivity contribution is 5.85. The fourth-order valence-corrected chi connectivity index (χ4v) is 3.77. The molecule has 0 unspecified atom stereocenters. The Morgan fingerprint density at radius 3 is 2.45 bits per heavy atom. The minimum Gasteiger partial charge on any atom is -0.339 e. The van der Waals surface area contributed by atoms with Crippen molar-refractivity contribution in [3.8, 4) is 0 Å². The minimum atomic E-state index is 0. The van der Waals surface area contributed by atoms with E-state index in [9.17, 15) is 0 Å². The number of halogens is 1. The molecule has 2 saturated carbocycles. The number of rotatable bonds is 4. The maximum atomic E-state index is 6.03. The molecule has 1 aromatic rings. The Morgan fingerprint density at radius 1 is 1.10 bits per heavy atom. The number of nitrogens with two attached hydrogens (primary N) is 1. The predicted molar refractivity (Wildman–Crippen MR) is 81.0 cm³/mol. The van der Waals surface area contributed by atoms with E-state index in [1.54, 1.807) is 0 Å². The van der Waals surface area contributed by atoms with Crippen LogP contribution >= 0.6 is 12.4 Å². The summed E-state index contributed by atoms with van der Waals surface area (Å²) >= 11 is 0. The van der Waals surface area contributed by atoms with Crippen LogP contribution in [0.1, 0.15) is 75.4 Å². The molecule has 3 rings (SSSR count). The van der Waals surface area contributed by atoms with E-state index >= 15 is 0 Å². The van der Waals surface area contributed by atoms with Gasteiger partial charge in [-0.15, -0.1) is 12.4 Å². The quantitative estimate of drug-likeness (QED) is 0.922. The highest BCUT2D eigenvalue weighted by Gasteiger charge is 2.33. The average molecular weight is 300 g/mol. The molecular weight excluding hydrogens is 274 g/mol. The van der Waals surface area contributed by atoms with Crippen molar-refractivity contribution in [1.29, 1.82) is 0 Å². The van der Waals surface area contributed by atoms with Crippen LogP contribution in [0, 0.1) is 5.41 Å². The summed E-state index contributed by atoms with van der Waals surface area (Å²) in [7, 11) is 0. The Labute approximate surface area is 127 Å².